The van der Waals surface area contributed by atoms with E-state index in [0.717, 1.165) is 56.1 Å². The van der Waals surface area contributed by atoms with Crippen LogP contribution >= 0.6 is 23.1 Å². The number of para-hydroxylation sites is 1. The molecule has 2 aromatic heterocycles. The van der Waals surface area contributed by atoms with Crippen LogP contribution < -0.4 is 15.0 Å². The first-order valence-electron chi connectivity index (χ1n) is 31.9. The first-order chi connectivity index (χ1) is 42.9. The number of hydrogen-bond acceptors (Lipinski definition) is 5. The Morgan fingerprint density at radius 3 is 1.38 bits per heavy atom. The van der Waals surface area contributed by atoms with Gasteiger partial charge in [0.25, 0.3) is 0 Å². The molecule has 448 valence electrons. The molecule has 13 aromatic rings. The van der Waals surface area contributed by atoms with Gasteiger partial charge in [0.1, 0.15) is 5.58 Å². The second kappa shape index (κ2) is 21.9. The number of rotatable bonds is 11. The summed E-state index contributed by atoms with van der Waals surface area (Å²) in [5.41, 5.74) is 21.0. The average Bonchev–Trinajstić information content (AvgIpc) is 1.49. The maximum Gasteiger partial charge on any atom is 0.160 e. The van der Waals surface area contributed by atoms with Gasteiger partial charge < -0.3 is 14.2 Å². The fourth-order valence-electron chi connectivity index (χ4n) is 13.9. The molecule has 0 amide bonds. The minimum absolute atomic E-state index is 0.0212. The number of hydrogen-bond donors (Lipinski definition) is 0. The van der Waals surface area contributed by atoms with Gasteiger partial charge >= 0.3 is 0 Å². The van der Waals surface area contributed by atoms with Crippen molar-refractivity contribution in [3.63, 3.8) is 0 Å². The highest BCUT2D eigenvalue weighted by molar-refractivity contribution is 7.99. The van der Waals surface area contributed by atoms with Crippen LogP contribution in [0, 0.1) is 13.8 Å². The van der Waals surface area contributed by atoms with E-state index in [-0.39, 0.29) is 16.2 Å². The van der Waals surface area contributed by atoms with E-state index in [9.17, 15) is 0 Å². The molecule has 0 radical (unpaired) electrons. The maximum atomic E-state index is 7.54. The number of fused-ring (bicyclic) bond motifs is 11. The van der Waals surface area contributed by atoms with E-state index in [0.29, 0.717) is 0 Å². The summed E-state index contributed by atoms with van der Waals surface area (Å²) in [5, 5.41) is 6.14. The highest BCUT2D eigenvalue weighted by Crippen LogP contribution is 2.65. The quantitative estimate of drug-likeness (QED) is 0.120. The smallest absolute Gasteiger partial charge is 0.160 e. The average molecular weight is 1230 g/mol. The van der Waals surface area contributed by atoms with Crippen molar-refractivity contribution < 1.29 is 4.42 Å². The van der Waals surface area contributed by atoms with Crippen molar-refractivity contribution in [2.24, 2.45) is 0 Å². The topological polar surface area (TPSA) is 19.6 Å². The van der Waals surface area contributed by atoms with Gasteiger partial charge in [0.2, 0.25) is 0 Å². The van der Waals surface area contributed by atoms with Crippen molar-refractivity contribution in [1.82, 2.24) is 0 Å². The predicted molar refractivity (Wildman–Crippen MR) is 392 cm³/mol. The summed E-state index contributed by atoms with van der Waals surface area (Å²) in [7, 11) is -1.78. The Kier molecular flexibility index (Phi) is 14.4. The Morgan fingerprint density at radius 2 is 0.867 bits per heavy atom. The molecule has 6 heteroatoms. The predicted octanol–water partition coefficient (Wildman–Crippen LogP) is 24.5. The molecular formula is C84H80N2OS2Si. The van der Waals surface area contributed by atoms with Crippen LogP contribution in [0.3, 0.4) is 0 Å². The molecule has 0 N–H and O–H groups in total. The summed E-state index contributed by atoms with van der Waals surface area (Å²) in [6.45, 7) is 32.5. The van der Waals surface area contributed by atoms with Crippen LogP contribution in [-0.2, 0) is 21.7 Å². The van der Waals surface area contributed by atoms with E-state index in [1.807, 2.05) is 23.1 Å². The van der Waals surface area contributed by atoms with E-state index in [2.05, 4.69) is 336 Å². The monoisotopic (exact) mass is 1220 g/mol. The van der Waals surface area contributed by atoms with Crippen LogP contribution in [0.25, 0.3) is 53.2 Å². The minimum atomic E-state index is -1.78. The molecule has 14 rings (SSSR count). The van der Waals surface area contributed by atoms with Crippen LogP contribution in [-0.4, -0.2) is 8.07 Å². The van der Waals surface area contributed by atoms with Crippen molar-refractivity contribution in [2.75, 3.05) is 9.80 Å². The van der Waals surface area contributed by atoms with Crippen LogP contribution in [0.5, 0.6) is 0 Å². The summed E-state index contributed by atoms with van der Waals surface area (Å²) in [6.07, 6.45) is 0. The van der Waals surface area contributed by atoms with Crippen molar-refractivity contribution in [1.29, 1.82) is 0 Å². The van der Waals surface area contributed by atoms with Gasteiger partial charge in [-0.1, -0.05) is 232 Å². The minimum Gasteiger partial charge on any atom is -0.454 e. The van der Waals surface area contributed by atoms with E-state index in [4.69, 9.17) is 4.42 Å². The normalized spacial score (nSPS) is 14.4. The summed E-state index contributed by atoms with van der Waals surface area (Å²) in [6, 6.07) is 88.5. The number of benzene rings is 11. The summed E-state index contributed by atoms with van der Waals surface area (Å²) >= 11 is 3.73. The lowest BCUT2D eigenvalue weighted by Crippen LogP contribution is -2.38. The van der Waals surface area contributed by atoms with Crippen LogP contribution in [0.2, 0.25) is 19.6 Å². The fraction of sp³-hybridized carbons (Fsp3) is 0.214. The Balaban J connectivity index is 1.17. The molecule has 1 unspecified atom stereocenters. The molecule has 0 spiro atoms. The zero-order valence-corrected chi connectivity index (χ0v) is 57.2. The molecule has 0 fully saturated rings. The van der Waals surface area contributed by atoms with Crippen LogP contribution in [0.1, 0.15) is 112 Å². The van der Waals surface area contributed by atoms with Gasteiger partial charge in [0.15, 0.2) is 5.58 Å². The molecule has 90 heavy (non-hydrogen) atoms. The van der Waals surface area contributed by atoms with Crippen LogP contribution in [0.15, 0.2) is 245 Å². The molecule has 1 aliphatic carbocycles. The Hall–Kier alpha value is -8.39. The van der Waals surface area contributed by atoms with Gasteiger partial charge in [-0.05, 0) is 188 Å². The Morgan fingerprint density at radius 1 is 0.422 bits per heavy atom. The van der Waals surface area contributed by atoms with Crippen LogP contribution in [0.4, 0.5) is 34.1 Å². The van der Waals surface area contributed by atoms with Gasteiger partial charge in [-0.15, -0.1) is 11.3 Å². The van der Waals surface area contributed by atoms with E-state index in [1.165, 1.54) is 96.3 Å². The third-order valence-corrected chi connectivity index (χ3v) is 23.0. The zero-order chi connectivity index (χ0) is 62.8. The second-order valence-electron chi connectivity index (χ2n) is 29.2. The molecule has 11 aromatic carbocycles. The lowest BCUT2D eigenvalue weighted by Gasteiger charge is -2.36. The van der Waals surface area contributed by atoms with Crippen molar-refractivity contribution in [3.8, 4) is 11.1 Å². The fourth-order valence-corrected chi connectivity index (χ4v) is 17.1. The van der Waals surface area contributed by atoms with Crippen molar-refractivity contribution in [3.05, 3.63) is 281 Å². The molecule has 0 saturated carbocycles. The SMILES string of the molecule is Cc1cccc(N(c2ccc(C(C)(C)C)cc2)c2cc3c(c4c2oc2ccccc24)-c2c(cc(N(c4ccc(C(C)(C)C)cc4)c4cccc(C)c4)c4sc5ccccc5c24)C3(c2ccc(Sc3ccc(C(C)(C)C)cc3)cc2)c2ccc([Si](C)(C)C)cc2)c1. The lowest BCUT2D eigenvalue weighted by atomic mass is 9.67. The first-order valence-corrected chi connectivity index (χ1v) is 37.0. The number of thiophene rings is 1. The standard InChI is InChI=1S/C84H80N2OS2Si/c1-53-21-19-23-62(49-53)85(60-39-29-55(30-40-60)81(3,4)5)71-51-69-77(75-67-25-15-17-27-73(67)87-79(71)75)78-70(84(69,59-37-47-66(48-38-59)90(12,13)14)58-35-45-65(46-36-58)88-64-43-33-57(34-44-64)83(9,10)11)52-72(80-76(78)68-26-16-18-28-74(68)89-80)86(63-24-20-22-54(2)50-63)61-41-31-56(32-42-61)82(6,7)8/h15-52H,1-14H3. The number of nitrogens with zero attached hydrogens (tertiary/aromatic N) is 2. The van der Waals surface area contributed by atoms with Crippen molar-refractivity contribution in [2.45, 2.75) is 127 Å². The molecule has 0 bridgehead atoms. The van der Waals surface area contributed by atoms with Gasteiger partial charge in [0, 0.05) is 58.8 Å². The van der Waals surface area contributed by atoms with E-state index < -0.39 is 13.5 Å². The first kappa shape index (κ1) is 59.2. The lowest BCUT2D eigenvalue weighted by molar-refractivity contribution is 0.589. The van der Waals surface area contributed by atoms with Crippen molar-refractivity contribution >= 4 is 113 Å². The molecule has 3 nitrogen and oxygen atoms in total. The third kappa shape index (κ3) is 10.2. The van der Waals surface area contributed by atoms with Gasteiger partial charge in [0.05, 0.1) is 29.6 Å². The summed E-state index contributed by atoms with van der Waals surface area (Å²) < 4.78 is 10.0. The molecule has 0 saturated heterocycles. The molecule has 1 atom stereocenters. The maximum absolute atomic E-state index is 7.54. The van der Waals surface area contributed by atoms with E-state index >= 15 is 0 Å². The summed E-state index contributed by atoms with van der Waals surface area (Å²) in [5.74, 6) is 0. The number of aryl methyl sites for hydroxylation is 2. The Labute approximate surface area is 542 Å². The molecular weight excluding hydrogens is 1150 g/mol. The number of anilines is 6. The number of furan rings is 1. The zero-order valence-electron chi connectivity index (χ0n) is 54.6. The summed E-state index contributed by atoms with van der Waals surface area (Å²) in [4.78, 5) is 7.44. The van der Waals surface area contributed by atoms with E-state index in [1.54, 1.807) is 0 Å². The van der Waals surface area contributed by atoms with Gasteiger partial charge in [-0.2, -0.15) is 0 Å². The molecule has 2 heterocycles. The molecule has 0 aliphatic heterocycles. The van der Waals surface area contributed by atoms with Gasteiger partial charge in [-0.3, -0.25) is 0 Å². The largest absolute Gasteiger partial charge is 0.454 e. The third-order valence-electron chi connectivity index (χ3n) is 18.7. The second-order valence-corrected chi connectivity index (χ2v) is 36.4. The highest BCUT2D eigenvalue weighted by Gasteiger charge is 2.50. The Bertz CT molecular complexity index is 4660. The highest BCUT2D eigenvalue weighted by atomic mass is 32.2. The van der Waals surface area contributed by atoms with Gasteiger partial charge in [-0.25, -0.2) is 0 Å². The molecule has 1 aliphatic rings.